The number of aryl methyl sites for hydroxylation is 1. The van der Waals surface area contributed by atoms with Crippen molar-refractivity contribution in [3.63, 3.8) is 0 Å². The summed E-state index contributed by atoms with van der Waals surface area (Å²) in [5, 5.41) is 0. The number of carbonyl (C=O) groups excluding carboxylic acids is 2. The van der Waals surface area contributed by atoms with Crippen LogP contribution in [0.1, 0.15) is 46.7 Å². The Kier molecular flexibility index (Phi) is 7.09. The maximum atomic E-state index is 12.4. The van der Waals surface area contributed by atoms with Crippen LogP contribution in [0.15, 0.2) is 76.0 Å². The average molecular weight is 538 g/mol. The number of aromatic nitrogens is 1. The number of fused-ring (bicyclic) bond motifs is 4. The molecule has 4 heterocycles. The molecule has 1 atom stereocenters. The van der Waals surface area contributed by atoms with E-state index in [1.54, 1.807) is 22.8 Å². The molecule has 8 heteroatoms. The van der Waals surface area contributed by atoms with Gasteiger partial charge in [0.15, 0.2) is 5.58 Å². The number of benzene rings is 3. The Morgan fingerprint density at radius 1 is 1.05 bits per heavy atom. The molecule has 3 saturated heterocycles. The minimum Gasteiger partial charge on any atom is -0.410 e. The Morgan fingerprint density at radius 2 is 1.85 bits per heavy atom. The second-order valence-corrected chi connectivity index (χ2v) is 10.6. The molecule has 0 aliphatic carbocycles. The summed E-state index contributed by atoms with van der Waals surface area (Å²) in [5.41, 5.74) is 10.9. The number of piperidine rings is 3. The molecule has 3 fully saturated rings. The largest absolute Gasteiger partial charge is 0.419 e. The summed E-state index contributed by atoms with van der Waals surface area (Å²) in [7, 11) is 0. The van der Waals surface area contributed by atoms with E-state index >= 15 is 0 Å². The van der Waals surface area contributed by atoms with Crippen molar-refractivity contribution < 1.29 is 18.7 Å². The van der Waals surface area contributed by atoms with Gasteiger partial charge in [-0.2, -0.15) is 0 Å². The first-order valence-electron chi connectivity index (χ1n) is 13.7. The highest BCUT2D eigenvalue weighted by Crippen LogP contribution is 2.46. The minimum atomic E-state index is -0.818. The zero-order valence-corrected chi connectivity index (χ0v) is 22.1. The Labute approximate surface area is 231 Å². The lowest BCUT2D eigenvalue weighted by atomic mass is 9.74. The number of hydrogen-bond acceptors (Lipinski definition) is 6. The molecule has 204 valence electrons. The average Bonchev–Trinajstić information content (AvgIpc) is 3.30. The van der Waals surface area contributed by atoms with Gasteiger partial charge in [0.05, 0.1) is 5.52 Å². The summed E-state index contributed by atoms with van der Waals surface area (Å²) in [6.07, 6.45) is 6.84. The van der Waals surface area contributed by atoms with Crippen LogP contribution in [0.25, 0.3) is 28.3 Å². The van der Waals surface area contributed by atoms with E-state index in [1.165, 1.54) is 0 Å². The van der Waals surface area contributed by atoms with Crippen molar-refractivity contribution in [2.45, 2.75) is 31.7 Å². The van der Waals surface area contributed by atoms with E-state index in [9.17, 15) is 14.4 Å². The third kappa shape index (κ3) is 5.10. The smallest absolute Gasteiger partial charge is 0.410 e. The van der Waals surface area contributed by atoms with Crippen molar-refractivity contribution in [2.75, 3.05) is 19.6 Å². The Bertz CT molecular complexity index is 1640. The number of nitrogens with two attached hydrogens (primary N) is 1. The monoisotopic (exact) mass is 537 g/mol. The molecule has 1 aromatic heterocycles. The van der Waals surface area contributed by atoms with Gasteiger partial charge in [-0.1, -0.05) is 42.5 Å². The molecule has 1 amide bonds. The molecule has 2 N–H and O–H groups in total. The number of ether oxygens (including phenoxy) is 1. The highest BCUT2D eigenvalue weighted by molar-refractivity contribution is 5.84. The third-order valence-corrected chi connectivity index (χ3v) is 8.14. The Morgan fingerprint density at radius 3 is 2.55 bits per heavy atom. The van der Waals surface area contributed by atoms with Crippen molar-refractivity contribution in [3.05, 3.63) is 94.0 Å². The van der Waals surface area contributed by atoms with Crippen LogP contribution in [0.5, 0.6) is 5.75 Å². The topological polar surface area (TPSA) is 108 Å². The number of allylic oxidation sites excluding steroid dienone is 1. The van der Waals surface area contributed by atoms with Crippen molar-refractivity contribution in [1.29, 1.82) is 0 Å². The number of aldehydes is 1. The zero-order valence-electron chi connectivity index (χ0n) is 22.1. The zero-order chi connectivity index (χ0) is 27.6. The van der Waals surface area contributed by atoms with Crippen molar-refractivity contribution in [2.24, 2.45) is 11.7 Å². The molecule has 8 nitrogen and oxygen atoms in total. The molecule has 3 aromatic carbocycles. The predicted octanol–water partition coefficient (Wildman–Crippen LogP) is 5.44. The van der Waals surface area contributed by atoms with E-state index in [2.05, 4.69) is 11.0 Å². The molecule has 0 unspecified atom stereocenters. The Balaban J connectivity index is 1.34. The van der Waals surface area contributed by atoms with E-state index in [-0.39, 0.29) is 5.92 Å². The molecule has 3 aliphatic heterocycles. The van der Waals surface area contributed by atoms with Crippen LogP contribution >= 0.6 is 0 Å². The highest BCUT2D eigenvalue weighted by Gasteiger charge is 2.37. The van der Waals surface area contributed by atoms with Crippen LogP contribution in [0.4, 0.5) is 4.79 Å². The van der Waals surface area contributed by atoms with Gasteiger partial charge in [-0.05, 0) is 79.7 Å². The second-order valence-electron chi connectivity index (χ2n) is 10.6. The first-order valence-corrected chi connectivity index (χ1v) is 13.7. The molecule has 4 aromatic rings. The molecule has 40 heavy (non-hydrogen) atoms. The van der Waals surface area contributed by atoms with Gasteiger partial charge in [0.25, 0.3) is 0 Å². The number of rotatable bonds is 8. The van der Waals surface area contributed by atoms with E-state index in [0.29, 0.717) is 41.3 Å². The molecule has 3 aliphatic rings. The van der Waals surface area contributed by atoms with E-state index in [1.807, 2.05) is 48.6 Å². The summed E-state index contributed by atoms with van der Waals surface area (Å²) in [6.45, 7) is 3.58. The summed E-state index contributed by atoms with van der Waals surface area (Å²) in [4.78, 5) is 38.0. The summed E-state index contributed by atoms with van der Waals surface area (Å²) in [6, 6.07) is 19.0. The van der Waals surface area contributed by atoms with Crippen LogP contribution in [0.2, 0.25) is 0 Å². The first kappa shape index (κ1) is 25.8. The quantitative estimate of drug-likeness (QED) is 0.300. The van der Waals surface area contributed by atoms with Crippen LogP contribution in [0.3, 0.4) is 0 Å². The fourth-order valence-electron chi connectivity index (χ4n) is 6.20. The number of nitrogens with zero attached hydrogens (tertiary/aromatic N) is 2. The highest BCUT2D eigenvalue weighted by atomic mass is 16.5. The number of hydrogen-bond donors (Lipinski definition) is 1. The minimum absolute atomic E-state index is 0.250. The second kappa shape index (κ2) is 11.0. The lowest BCUT2D eigenvalue weighted by Crippen LogP contribution is -2.46. The lowest BCUT2D eigenvalue weighted by Gasteiger charge is -2.45. The van der Waals surface area contributed by atoms with Crippen LogP contribution < -0.4 is 16.2 Å². The standard InChI is InChI=1S/C32H31N3O5/c33-31(37)40-30-25(23-7-2-1-3-8-23)16-21(17-26(30)27-19-34-14-11-24(27)12-15-34)6-4-5-13-35-28-10-9-22(20-36)18-29(28)39-32(35)38/h1-4,6-10,16-18,20,24,27H,5,11-15,19H2,(H2,33,37)/b6-4+/t27-/m1/s1. The van der Waals surface area contributed by atoms with Gasteiger partial charge in [0, 0.05) is 35.7 Å². The Hall–Kier alpha value is -4.43. The fourth-order valence-corrected chi connectivity index (χ4v) is 6.20. The molecule has 0 radical (unpaired) electrons. The van der Waals surface area contributed by atoms with Crippen molar-refractivity contribution in [3.8, 4) is 16.9 Å². The van der Waals surface area contributed by atoms with Crippen molar-refractivity contribution >= 4 is 29.6 Å². The van der Waals surface area contributed by atoms with Gasteiger partial charge in [-0.3, -0.25) is 9.36 Å². The normalized spacial score (nSPS) is 20.2. The van der Waals surface area contributed by atoms with E-state index in [0.717, 1.165) is 61.0 Å². The predicted molar refractivity (Wildman–Crippen MR) is 154 cm³/mol. The first-order chi connectivity index (χ1) is 19.5. The van der Waals surface area contributed by atoms with Gasteiger partial charge in [-0.15, -0.1) is 0 Å². The van der Waals surface area contributed by atoms with Crippen LogP contribution in [0, 0.1) is 5.92 Å². The molecule has 0 saturated carbocycles. The summed E-state index contributed by atoms with van der Waals surface area (Å²) in [5.74, 6) is 0.875. The SMILES string of the molecule is NC(=O)Oc1c(-c2ccccc2)cc(/C=C/CCn2c(=O)oc3cc(C=O)ccc32)cc1[C@@H]1CN2CCC1CC2. The molecule has 0 spiro atoms. The summed E-state index contributed by atoms with van der Waals surface area (Å²) >= 11 is 0. The van der Waals surface area contributed by atoms with E-state index < -0.39 is 11.8 Å². The summed E-state index contributed by atoms with van der Waals surface area (Å²) < 4.78 is 12.6. The maximum absolute atomic E-state index is 12.4. The lowest BCUT2D eigenvalue weighted by molar-refractivity contribution is 0.0861. The van der Waals surface area contributed by atoms with Crippen molar-refractivity contribution in [1.82, 2.24) is 9.47 Å². The van der Waals surface area contributed by atoms with Gasteiger partial charge < -0.3 is 19.8 Å². The molecular formula is C32H31N3O5. The number of primary amides is 1. The molecule has 7 rings (SSSR count). The van der Waals surface area contributed by atoms with Crippen LogP contribution in [-0.2, 0) is 6.54 Å². The van der Waals surface area contributed by atoms with Gasteiger partial charge in [0.2, 0.25) is 0 Å². The van der Waals surface area contributed by atoms with Crippen LogP contribution in [-0.4, -0.2) is 41.5 Å². The maximum Gasteiger partial charge on any atom is 0.419 e. The fraction of sp³-hybridized carbons (Fsp3) is 0.281. The number of carbonyl (C=O) groups is 2. The third-order valence-electron chi connectivity index (χ3n) is 8.14. The number of amides is 1. The molecular weight excluding hydrogens is 506 g/mol. The van der Waals surface area contributed by atoms with Gasteiger partial charge >= 0.3 is 11.8 Å². The van der Waals surface area contributed by atoms with Gasteiger partial charge in [0.1, 0.15) is 12.0 Å². The van der Waals surface area contributed by atoms with Gasteiger partial charge in [-0.25, -0.2) is 9.59 Å². The molecule has 2 bridgehead atoms. The van der Waals surface area contributed by atoms with E-state index in [4.69, 9.17) is 14.9 Å². The number of oxazole rings is 1.